The van der Waals surface area contributed by atoms with E-state index in [-0.39, 0.29) is 12.5 Å². The summed E-state index contributed by atoms with van der Waals surface area (Å²) in [5, 5.41) is 18.3. The second-order valence-electron chi connectivity index (χ2n) is 4.46. The average Bonchev–Trinajstić information content (AvgIpc) is 2.75. The molecule has 0 aromatic carbocycles. The van der Waals surface area contributed by atoms with Gasteiger partial charge < -0.3 is 19.7 Å². The second-order valence-corrected chi connectivity index (χ2v) is 4.46. The van der Waals surface area contributed by atoms with E-state index in [1.54, 1.807) is 23.2 Å². The first-order chi connectivity index (χ1) is 8.58. The Labute approximate surface area is 104 Å². The second kappa shape index (κ2) is 5.22. The fourth-order valence-electron chi connectivity index (χ4n) is 2.19. The Bertz CT molecular complexity index is 455. The van der Waals surface area contributed by atoms with Gasteiger partial charge in [0.1, 0.15) is 12.2 Å². The number of amides is 1. The molecule has 1 saturated heterocycles. The lowest BCUT2D eigenvalue weighted by molar-refractivity contribution is -0.137. The van der Waals surface area contributed by atoms with Gasteiger partial charge in [-0.05, 0) is 25.0 Å². The number of hydrogen-bond acceptors (Lipinski definition) is 3. The van der Waals surface area contributed by atoms with Gasteiger partial charge in [-0.15, -0.1) is 0 Å². The molecule has 1 aliphatic rings. The maximum atomic E-state index is 12.2. The highest BCUT2D eigenvalue weighted by Gasteiger charge is 2.24. The van der Waals surface area contributed by atoms with Gasteiger partial charge in [-0.3, -0.25) is 9.59 Å². The van der Waals surface area contributed by atoms with E-state index in [2.05, 4.69) is 0 Å². The quantitative estimate of drug-likeness (QED) is 0.803. The molecule has 0 spiro atoms. The van der Waals surface area contributed by atoms with Gasteiger partial charge >= 0.3 is 5.97 Å². The molecule has 0 bridgehead atoms. The summed E-state index contributed by atoms with van der Waals surface area (Å²) in [6.45, 7) is 0.690. The number of hydrogen-bond donors (Lipinski definition) is 2. The van der Waals surface area contributed by atoms with Crippen LogP contribution in [0.5, 0.6) is 0 Å². The van der Waals surface area contributed by atoms with Gasteiger partial charge in [0.2, 0.25) is 0 Å². The van der Waals surface area contributed by atoms with Crippen LogP contribution in [0.15, 0.2) is 18.3 Å². The number of β-amino-alcohol motifs (C(OH)–C–C–N with tert-alkyl or cyclic N) is 1. The fourth-order valence-corrected chi connectivity index (χ4v) is 2.19. The van der Waals surface area contributed by atoms with Crippen molar-refractivity contribution >= 4 is 11.9 Å². The van der Waals surface area contributed by atoms with Crippen molar-refractivity contribution < 1.29 is 19.8 Å². The number of rotatable bonds is 3. The molecule has 6 nitrogen and oxygen atoms in total. The van der Waals surface area contributed by atoms with Crippen LogP contribution in [0.4, 0.5) is 0 Å². The van der Waals surface area contributed by atoms with Crippen molar-refractivity contribution in [3.63, 3.8) is 0 Å². The first kappa shape index (κ1) is 12.6. The number of aliphatic carboxylic acids is 1. The number of piperidine rings is 1. The predicted octanol–water partition coefficient (Wildman–Crippen LogP) is 0.170. The molecule has 1 atom stereocenters. The number of likely N-dealkylation sites (tertiary alicyclic amines) is 1. The van der Waals surface area contributed by atoms with Gasteiger partial charge in [-0.1, -0.05) is 0 Å². The Hall–Kier alpha value is -1.82. The molecule has 0 saturated carbocycles. The Balaban J connectivity index is 2.13. The molecule has 98 valence electrons. The monoisotopic (exact) mass is 252 g/mol. The zero-order valence-corrected chi connectivity index (χ0v) is 9.95. The molecule has 1 unspecified atom stereocenters. The van der Waals surface area contributed by atoms with Crippen molar-refractivity contribution in [3.05, 3.63) is 24.0 Å². The van der Waals surface area contributed by atoms with Crippen LogP contribution in [0.25, 0.3) is 0 Å². The van der Waals surface area contributed by atoms with Crippen LogP contribution in [-0.2, 0) is 11.3 Å². The SMILES string of the molecule is O=C(O)Cn1cccc1C(=O)N1CCCC(O)C1. The lowest BCUT2D eigenvalue weighted by Crippen LogP contribution is -2.42. The highest BCUT2D eigenvalue weighted by molar-refractivity contribution is 5.93. The molecule has 1 aliphatic heterocycles. The first-order valence-electron chi connectivity index (χ1n) is 5.92. The minimum absolute atomic E-state index is 0.222. The molecule has 2 N–H and O–H groups in total. The summed E-state index contributed by atoms with van der Waals surface area (Å²) in [6, 6.07) is 3.25. The summed E-state index contributed by atoms with van der Waals surface area (Å²) in [7, 11) is 0. The molecule has 6 heteroatoms. The Morgan fingerprint density at radius 3 is 2.89 bits per heavy atom. The number of carboxylic acid groups (broad SMARTS) is 1. The molecule has 0 radical (unpaired) electrons. The van der Waals surface area contributed by atoms with Crippen LogP contribution in [0.2, 0.25) is 0 Å². The largest absolute Gasteiger partial charge is 0.480 e. The molecule has 1 aromatic rings. The molecule has 1 aromatic heterocycles. The van der Waals surface area contributed by atoms with E-state index in [1.165, 1.54) is 4.57 Å². The number of nitrogens with zero attached hydrogens (tertiary/aromatic N) is 2. The summed E-state index contributed by atoms with van der Waals surface area (Å²) in [5.74, 6) is -1.21. The standard InChI is InChI=1S/C12H16N2O4/c15-9-3-1-6-14(7-9)12(18)10-4-2-5-13(10)8-11(16)17/h2,4-5,9,15H,1,3,6-8H2,(H,16,17). The third kappa shape index (κ3) is 2.70. The highest BCUT2D eigenvalue weighted by atomic mass is 16.4. The average molecular weight is 252 g/mol. The summed E-state index contributed by atoms with van der Waals surface area (Å²) in [5.41, 5.74) is 0.353. The smallest absolute Gasteiger partial charge is 0.323 e. The van der Waals surface area contributed by atoms with Gasteiger partial charge in [-0.25, -0.2) is 0 Å². The minimum atomic E-state index is -0.987. The summed E-state index contributed by atoms with van der Waals surface area (Å²) in [4.78, 5) is 24.5. The molecule has 2 rings (SSSR count). The lowest BCUT2D eigenvalue weighted by Gasteiger charge is -2.30. The van der Waals surface area contributed by atoms with E-state index in [0.717, 1.165) is 6.42 Å². The summed E-state index contributed by atoms with van der Waals surface area (Å²) >= 11 is 0. The van der Waals surface area contributed by atoms with Crippen molar-refractivity contribution in [2.75, 3.05) is 13.1 Å². The lowest BCUT2D eigenvalue weighted by atomic mass is 10.1. The van der Waals surface area contributed by atoms with Crippen LogP contribution >= 0.6 is 0 Å². The van der Waals surface area contributed by atoms with Crippen LogP contribution in [-0.4, -0.2) is 50.8 Å². The van der Waals surface area contributed by atoms with Crippen molar-refractivity contribution in [1.29, 1.82) is 0 Å². The molecule has 1 amide bonds. The zero-order valence-electron chi connectivity index (χ0n) is 9.95. The minimum Gasteiger partial charge on any atom is -0.480 e. The molecule has 2 heterocycles. The molecule has 18 heavy (non-hydrogen) atoms. The Morgan fingerprint density at radius 2 is 2.22 bits per heavy atom. The number of aliphatic hydroxyl groups excluding tert-OH is 1. The van der Waals surface area contributed by atoms with E-state index < -0.39 is 12.1 Å². The number of carboxylic acids is 1. The number of aliphatic hydroxyl groups is 1. The first-order valence-corrected chi connectivity index (χ1v) is 5.92. The summed E-state index contributed by atoms with van der Waals surface area (Å²) in [6.07, 6.45) is 2.57. The normalized spacial score (nSPS) is 19.8. The summed E-state index contributed by atoms with van der Waals surface area (Å²) < 4.78 is 1.41. The van der Waals surface area contributed by atoms with Crippen LogP contribution in [0.3, 0.4) is 0 Å². The van der Waals surface area contributed by atoms with E-state index in [1.807, 2.05) is 0 Å². The van der Waals surface area contributed by atoms with Gasteiger partial charge in [0.15, 0.2) is 0 Å². The van der Waals surface area contributed by atoms with Crippen LogP contribution in [0.1, 0.15) is 23.3 Å². The fraction of sp³-hybridized carbons (Fsp3) is 0.500. The molecular weight excluding hydrogens is 236 g/mol. The van der Waals surface area contributed by atoms with E-state index in [0.29, 0.717) is 25.2 Å². The maximum absolute atomic E-state index is 12.2. The Morgan fingerprint density at radius 1 is 1.44 bits per heavy atom. The van der Waals surface area contributed by atoms with Crippen molar-refractivity contribution in [2.45, 2.75) is 25.5 Å². The highest BCUT2D eigenvalue weighted by Crippen LogP contribution is 2.14. The predicted molar refractivity (Wildman–Crippen MR) is 63.2 cm³/mol. The number of aromatic nitrogens is 1. The van der Waals surface area contributed by atoms with Crippen molar-refractivity contribution in [1.82, 2.24) is 9.47 Å². The van der Waals surface area contributed by atoms with Crippen LogP contribution < -0.4 is 0 Å². The van der Waals surface area contributed by atoms with E-state index in [4.69, 9.17) is 5.11 Å². The molecule has 0 aliphatic carbocycles. The van der Waals surface area contributed by atoms with Crippen molar-refractivity contribution in [2.24, 2.45) is 0 Å². The van der Waals surface area contributed by atoms with Gasteiger partial charge in [-0.2, -0.15) is 0 Å². The number of carbonyl (C=O) groups excluding carboxylic acids is 1. The van der Waals surface area contributed by atoms with Crippen LogP contribution in [0, 0.1) is 0 Å². The van der Waals surface area contributed by atoms with Gasteiger partial charge in [0.25, 0.3) is 5.91 Å². The molecular formula is C12H16N2O4. The maximum Gasteiger partial charge on any atom is 0.323 e. The topological polar surface area (TPSA) is 82.8 Å². The third-order valence-corrected chi connectivity index (χ3v) is 3.04. The van der Waals surface area contributed by atoms with Gasteiger partial charge in [0, 0.05) is 19.3 Å². The molecule has 1 fully saturated rings. The number of carbonyl (C=O) groups is 2. The zero-order chi connectivity index (χ0) is 13.1. The van der Waals surface area contributed by atoms with Crippen molar-refractivity contribution in [3.8, 4) is 0 Å². The Kier molecular flexibility index (Phi) is 3.66. The third-order valence-electron chi connectivity index (χ3n) is 3.04. The van der Waals surface area contributed by atoms with E-state index >= 15 is 0 Å². The van der Waals surface area contributed by atoms with Gasteiger partial charge in [0.05, 0.1) is 6.10 Å². The van der Waals surface area contributed by atoms with E-state index in [9.17, 15) is 14.7 Å².